The Kier molecular flexibility index (Phi) is 7.71. The van der Waals surface area contributed by atoms with Gasteiger partial charge < -0.3 is 14.8 Å². The second-order valence-corrected chi connectivity index (χ2v) is 9.92. The molecule has 2 aliphatic rings. The van der Waals surface area contributed by atoms with Gasteiger partial charge in [-0.05, 0) is 23.8 Å². The number of hydrogen-bond acceptors (Lipinski definition) is 6. The second kappa shape index (κ2) is 10.7. The van der Waals surface area contributed by atoms with Crippen LogP contribution in [0.4, 0.5) is 4.39 Å². The third kappa shape index (κ3) is 5.77. The SMILES string of the molecule is O=C(N[C@@H](CN1CCOCC1)c1ccccc1)c1ccc(F)c(S(=O)(=O)N2CCOCC2)c1. The molecular formula is C23H28FN3O5S. The topological polar surface area (TPSA) is 88.2 Å². The highest BCUT2D eigenvalue weighted by Crippen LogP contribution is 2.23. The standard InChI is InChI=1S/C23H28FN3O5S/c24-20-7-6-19(16-22(20)33(29,30)27-10-14-32-15-11-27)23(28)25-21(18-4-2-1-3-5-18)17-26-8-12-31-13-9-26/h1-7,16,21H,8-15,17H2,(H,25,28)/t21-/m0/s1. The van der Waals surface area contributed by atoms with Crippen LogP contribution in [0.15, 0.2) is 53.4 Å². The number of carbonyl (C=O) groups is 1. The van der Waals surface area contributed by atoms with Crippen molar-refractivity contribution in [3.63, 3.8) is 0 Å². The first-order chi connectivity index (χ1) is 15.9. The second-order valence-electron chi connectivity index (χ2n) is 8.01. The number of nitrogens with zero attached hydrogens (tertiary/aromatic N) is 2. The van der Waals surface area contributed by atoms with Crippen molar-refractivity contribution < 1.29 is 27.1 Å². The van der Waals surface area contributed by atoms with Crippen LogP contribution in [-0.4, -0.2) is 82.7 Å². The van der Waals surface area contributed by atoms with Crippen LogP contribution >= 0.6 is 0 Å². The molecule has 1 atom stereocenters. The smallest absolute Gasteiger partial charge is 0.251 e. The van der Waals surface area contributed by atoms with Gasteiger partial charge >= 0.3 is 0 Å². The fourth-order valence-corrected chi connectivity index (χ4v) is 5.47. The summed E-state index contributed by atoms with van der Waals surface area (Å²) in [4.78, 5) is 14.8. The molecule has 2 saturated heterocycles. The van der Waals surface area contributed by atoms with Crippen molar-refractivity contribution in [3.05, 3.63) is 65.5 Å². The lowest BCUT2D eigenvalue weighted by molar-refractivity contribution is 0.0332. The van der Waals surface area contributed by atoms with Crippen LogP contribution in [-0.2, 0) is 19.5 Å². The Hall–Kier alpha value is -2.37. The number of benzene rings is 2. The van der Waals surface area contributed by atoms with Crippen LogP contribution in [0.3, 0.4) is 0 Å². The molecule has 0 aliphatic carbocycles. The summed E-state index contributed by atoms with van der Waals surface area (Å²) in [5.41, 5.74) is 1.02. The van der Waals surface area contributed by atoms with Crippen molar-refractivity contribution in [3.8, 4) is 0 Å². The lowest BCUT2D eigenvalue weighted by Crippen LogP contribution is -2.43. The molecule has 4 rings (SSSR count). The maximum absolute atomic E-state index is 14.5. The highest BCUT2D eigenvalue weighted by atomic mass is 32.2. The van der Waals surface area contributed by atoms with Gasteiger partial charge in [0.05, 0.1) is 32.5 Å². The summed E-state index contributed by atoms with van der Waals surface area (Å²) in [5.74, 6) is -1.35. The van der Waals surface area contributed by atoms with Crippen LogP contribution in [0.5, 0.6) is 0 Å². The molecule has 0 radical (unpaired) electrons. The van der Waals surface area contributed by atoms with Crippen molar-refractivity contribution in [2.24, 2.45) is 0 Å². The van der Waals surface area contributed by atoms with E-state index in [1.54, 1.807) is 0 Å². The first kappa shape index (κ1) is 23.8. The minimum atomic E-state index is -4.08. The van der Waals surface area contributed by atoms with Crippen molar-refractivity contribution >= 4 is 15.9 Å². The van der Waals surface area contributed by atoms with Gasteiger partial charge in [0.1, 0.15) is 10.7 Å². The van der Waals surface area contributed by atoms with Crippen molar-refractivity contribution in [2.45, 2.75) is 10.9 Å². The Morgan fingerprint density at radius 2 is 1.61 bits per heavy atom. The normalized spacial score (nSPS) is 19.2. The van der Waals surface area contributed by atoms with Crippen molar-refractivity contribution in [1.82, 2.24) is 14.5 Å². The fraction of sp³-hybridized carbons (Fsp3) is 0.435. The highest BCUT2D eigenvalue weighted by Gasteiger charge is 2.30. The lowest BCUT2D eigenvalue weighted by atomic mass is 10.1. The summed E-state index contributed by atoms with van der Waals surface area (Å²) in [5, 5.41) is 3.00. The molecule has 2 heterocycles. The quantitative estimate of drug-likeness (QED) is 0.653. The van der Waals surface area contributed by atoms with E-state index < -0.39 is 26.6 Å². The number of hydrogen-bond donors (Lipinski definition) is 1. The fourth-order valence-electron chi connectivity index (χ4n) is 3.97. The third-order valence-electron chi connectivity index (χ3n) is 5.83. The van der Waals surface area contributed by atoms with Gasteiger partial charge in [-0.25, -0.2) is 12.8 Å². The van der Waals surface area contributed by atoms with E-state index in [9.17, 15) is 17.6 Å². The molecule has 0 bridgehead atoms. The van der Waals surface area contributed by atoms with E-state index in [-0.39, 0.29) is 37.9 Å². The summed E-state index contributed by atoms with van der Waals surface area (Å²) in [6, 6.07) is 12.7. The van der Waals surface area contributed by atoms with E-state index in [2.05, 4.69) is 10.2 Å². The molecule has 1 amide bonds. The molecule has 2 aliphatic heterocycles. The number of halogens is 1. The van der Waals surface area contributed by atoms with E-state index in [0.29, 0.717) is 19.8 Å². The summed E-state index contributed by atoms with van der Waals surface area (Å²) in [6.07, 6.45) is 0. The molecule has 8 nitrogen and oxygen atoms in total. The molecule has 10 heteroatoms. The molecule has 33 heavy (non-hydrogen) atoms. The zero-order valence-corrected chi connectivity index (χ0v) is 19.1. The number of sulfonamides is 1. The Labute approximate surface area is 193 Å². The molecule has 0 spiro atoms. The van der Waals surface area contributed by atoms with Gasteiger partial charge in [-0.2, -0.15) is 4.31 Å². The molecule has 0 aromatic heterocycles. The summed E-state index contributed by atoms with van der Waals surface area (Å²) in [6.45, 7) is 4.17. The summed E-state index contributed by atoms with van der Waals surface area (Å²) < 4.78 is 52.3. The average molecular weight is 478 g/mol. The molecule has 1 N–H and O–H groups in total. The molecule has 178 valence electrons. The predicted molar refractivity (Wildman–Crippen MR) is 120 cm³/mol. The van der Waals surface area contributed by atoms with Crippen molar-refractivity contribution in [1.29, 1.82) is 0 Å². The van der Waals surface area contributed by atoms with Gasteiger partial charge in [-0.3, -0.25) is 9.69 Å². The molecular weight excluding hydrogens is 449 g/mol. The maximum Gasteiger partial charge on any atom is 0.251 e. The zero-order valence-electron chi connectivity index (χ0n) is 18.3. The Bertz CT molecular complexity index is 1060. The lowest BCUT2D eigenvalue weighted by Gasteiger charge is -2.31. The van der Waals surface area contributed by atoms with Crippen LogP contribution in [0.1, 0.15) is 22.0 Å². The van der Waals surface area contributed by atoms with Gasteiger partial charge in [0.15, 0.2) is 0 Å². The predicted octanol–water partition coefficient (Wildman–Crippen LogP) is 1.65. The first-order valence-corrected chi connectivity index (χ1v) is 12.4. The van der Waals surface area contributed by atoms with Crippen LogP contribution in [0, 0.1) is 5.82 Å². The highest BCUT2D eigenvalue weighted by molar-refractivity contribution is 7.89. The van der Waals surface area contributed by atoms with Gasteiger partial charge in [0.2, 0.25) is 10.0 Å². The van der Waals surface area contributed by atoms with E-state index >= 15 is 0 Å². The third-order valence-corrected chi connectivity index (χ3v) is 7.75. The maximum atomic E-state index is 14.5. The zero-order chi connectivity index (χ0) is 23.3. The Morgan fingerprint density at radius 3 is 2.27 bits per heavy atom. The number of nitrogens with one attached hydrogen (secondary N) is 1. The summed E-state index contributed by atoms with van der Waals surface area (Å²) in [7, 11) is -4.08. The van der Waals surface area contributed by atoms with Crippen LogP contribution in [0.2, 0.25) is 0 Å². The minimum absolute atomic E-state index is 0.0890. The van der Waals surface area contributed by atoms with Gasteiger partial charge in [-0.1, -0.05) is 30.3 Å². The van der Waals surface area contributed by atoms with Gasteiger partial charge in [-0.15, -0.1) is 0 Å². The average Bonchev–Trinajstić information content (AvgIpc) is 2.85. The van der Waals surface area contributed by atoms with E-state index in [0.717, 1.165) is 30.8 Å². The number of amides is 1. The molecule has 0 unspecified atom stereocenters. The van der Waals surface area contributed by atoms with E-state index in [4.69, 9.17) is 9.47 Å². The van der Waals surface area contributed by atoms with Crippen LogP contribution in [0.25, 0.3) is 0 Å². The largest absolute Gasteiger partial charge is 0.379 e. The van der Waals surface area contributed by atoms with E-state index in [1.165, 1.54) is 10.4 Å². The monoisotopic (exact) mass is 477 g/mol. The molecule has 0 saturated carbocycles. The van der Waals surface area contributed by atoms with Gasteiger partial charge in [0.25, 0.3) is 5.91 Å². The minimum Gasteiger partial charge on any atom is -0.379 e. The number of ether oxygens (including phenoxy) is 2. The number of carbonyl (C=O) groups excluding carboxylic acids is 1. The Morgan fingerprint density at radius 1 is 0.970 bits per heavy atom. The van der Waals surface area contributed by atoms with Crippen molar-refractivity contribution in [2.75, 3.05) is 59.2 Å². The number of morpholine rings is 2. The molecule has 2 fully saturated rings. The molecule has 2 aromatic carbocycles. The summed E-state index contributed by atoms with van der Waals surface area (Å²) >= 11 is 0. The van der Waals surface area contributed by atoms with Gasteiger partial charge in [0, 0.05) is 38.3 Å². The first-order valence-electron chi connectivity index (χ1n) is 11.0. The number of rotatable bonds is 7. The van der Waals surface area contributed by atoms with E-state index in [1.807, 2.05) is 30.3 Å². The molecule has 2 aromatic rings. The Balaban J connectivity index is 1.56. The van der Waals surface area contributed by atoms with Crippen LogP contribution < -0.4 is 5.32 Å².